The molecular formula is C6H4N4O2. The van der Waals surface area contributed by atoms with Crippen molar-refractivity contribution in [2.75, 3.05) is 0 Å². The molecule has 0 heterocycles. The molecule has 0 aliphatic heterocycles. The van der Waals surface area contributed by atoms with Gasteiger partial charge in [-0.15, -0.1) is 0 Å². The summed E-state index contributed by atoms with van der Waals surface area (Å²) in [4.78, 5) is 24.1. The minimum Gasteiger partial charge on any atom is -0.395 e. The number of ketones is 2. The Kier molecular flexibility index (Phi) is 1.94. The fraction of sp³-hybridized carbons (Fsp3) is 0. The monoisotopic (exact) mass is 164 g/mol. The fourth-order valence-electron chi connectivity index (χ4n) is 0.691. The fourth-order valence-corrected chi connectivity index (χ4v) is 0.691. The zero-order valence-corrected chi connectivity index (χ0v) is 5.89. The zero-order chi connectivity index (χ0) is 9.14. The van der Waals surface area contributed by atoms with Crippen LogP contribution in [0.25, 0.3) is 10.4 Å². The number of nitrogens with zero attached hydrogens (tertiary/aromatic N) is 3. The summed E-state index contributed by atoms with van der Waals surface area (Å²) in [7, 11) is 0. The molecule has 0 aromatic heterocycles. The van der Waals surface area contributed by atoms with Crippen molar-refractivity contribution in [2.24, 2.45) is 10.8 Å². The van der Waals surface area contributed by atoms with Crippen LogP contribution in [0.3, 0.4) is 0 Å². The van der Waals surface area contributed by atoms with Gasteiger partial charge < -0.3 is 5.73 Å². The molecular weight excluding hydrogens is 160 g/mol. The first-order valence-electron chi connectivity index (χ1n) is 2.98. The summed E-state index contributed by atoms with van der Waals surface area (Å²) in [6.45, 7) is 0. The second-order valence-corrected chi connectivity index (χ2v) is 2.05. The highest BCUT2D eigenvalue weighted by Gasteiger charge is 2.16. The lowest BCUT2D eigenvalue weighted by molar-refractivity contribution is -0.115. The van der Waals surface area contributed by atoms with E-state index in [-0.39, 0.29) is 11.4 Å². The molecule has 2 N–H and O–H groups in total. The Morgan fingerprint density at radius 2 is 2.00 bits per heavy atom. The molecule has 12 heavy (non-hydrogen) atoms. The second kappa shape index (κ2) is 2.89. The molecule has 0 saturated carbocycles. The van der Waals surface area contributed by atoms with Gasteiger partial charge in [0, 0.05) is 17.1 Å². The molecule has 1 rings (SSSR count). The Morgan fingerprint density at radius 1 is 1.33 bits per heavy atom. The van der Waals surface area contributed by atoms with Gasteiger partial charge in [-0.2, -0.15) is 0 Å². The molecule has 0 aromatic carbocycles. The van der Waals surface area contributed by atoms with E-state index in [0.717, 1.165) is 12.2 Å². The predicted molar refractivity (Wildman–Crippen MR) is 39.5 cm³/mol. The maximum Gasteiger partial charge on any atom is 0.202 e. The average Bonchev–Trinajstić information content (AvgIpc) is 2.01. The van der Waals surface area contributed by atoms with Gasteiger partial charge in [-0.3, -0.25) is 9.59 Å². The van der Waals surface area contributed by atoms with Crippen LogP contribution in [0.4, 0.5) is 0 Å². The lowest BCUT2D eigenvalue weighted by atomic mass is 10.1. The summed E-state index contributed by atoms with van der Waals surface area (Å²) < 4.78 is 0. The maximum absolute atomic E-state index is 10.9. The van der Waals surface area contributed by atoms with Gasteiger partial charge in [0.15, 0.2) is 5.78 Å². The standard InChI is InChI=1S/C6H4N4O2/c7-3-1-6(12)4(9-10-8)2-5(3)11/h1-2H,7H2. The van der Waals surface area contributed by atoms with Crippen LogP contribution in [0, 0.1) is 0 Å². The van der Waals surface area contributed by atoms with Crippen molar-refractivity contribution >= 4 is 11.6 Å². The normalized spacial score (nSPS) is 16.3. The summed E-state index contributed by atoms with van der Waals surface area (Å²) in [5.41, 5.74) is 12.8. The van der Waals surface area contributed by atoms with Crippen molar-refractivity contribution in [2.45, 2.75) is 0 Å². The number of hydrogen-bond acceptors (Lipinski definition) is 4. The Labute approximate surface area is 67.0 Å². The average molecular weight is 164 g/mol. The number of carbonyl (C=O) groups is 2. The minimum absolute atomic E-state index is 0.142. The van der Waals surface area contributed by atoms with E-state index in [1.54, 1.807) is 0 Å². The molecule has 1 aliphatic rings. The third-order valence-electron chi connectivity index (χ3n) is 1.24. The van der Waals surface area contributed by atoms with Crippen LogP contribution < -0.4 is 5.73 Å². The zero-order valence-electron chi connectivity index (χ0n) is 5.89. The molecule has 6 nitrogen and oxygen atoms in total. The molecule has 0 radical (unpaired) electrons. The summed E-state index contributed by atoms with van der Waals surface area (Å²) in [6, 6.07) is 0. The highest BCUT2D eigenvalue weighted by molar-refractivity contribution is 6.19. The van der Waals surface area contributed by atoms with E-state index in [1.807, 2.05) is 0 Å². The number of azide groups is 1. The van der Waals surface area contributed by atoms with E-state index in [9.17, 15) is 9.59 Å². The molecule has 0 atom stereocenters. The van der Waals surface area contributed by atoms with E-state index >= 15 is 0 Å². The van der Waals surface area contributed by atoms with Crippen LogP contribution in [-0.2, 0) is 9.59 Å². The second-order valence-electron chi connectivity index (χ2n) is 2.05. The topological polar surface area (TPSA) is 109 Å². The first-order chi connectivity index (χ1) is 5.65. The van der Waals surface area contributed by atoms with E-state index < -0.39 is 11.6 Å². The van der Waals surface area contributed by atoms with Gasteiger partial charge in [0.1, 0.15) is 0 Å². The first kappa shape index (κ1) is 8.03. The number of hydrogen-bond donors (Lipinski definition) is 1. The van der Waals surface area contributed by atoms with E-state index in [1.165, 1.54) is 0 Å². The Hall–Kier alpha value is -2.07. The number of carbonyl (C=O) groups excluding carboxylic acids is 2. The van der Waals surface area contributed by atoms with E-state index in [2.05, 4.69) is 10.0 Å². The number of nitrogens with two attached hydrogens (primary N) is 1. The van der Waals surface area contributed by atoms with Crippen molar-refractivity contribution in [3.05, 3.63) is 34.0 Å². The molecule has 60 valence electrons. The van der Waals surface area contributed by atoms with E-state index in [0.29, 0.717) is 0 Å². The van der Waals surface area contributed by atoms with Gasteiger partial charge in [-0.05, 0) is 5.53 Å². The molecule has 0 unspecified atom stereocenters. The smallest absolute Gasteiger partial charge is 0.202 e. The van der Waals surface area contributed by atoms with Gasteiger partial charge in [-0.1, -0.05) is 5.11 Å². The Bertz CT molecular complexity index is 360. The van der Waals surface area contributed by atoms with E-state index in [4.69, 9.17) is 11.3 Å². The lowest BCUT2D eigenvalue weighted by Crippen LogP contribution is -2.17. The van der Waals surface area contributed by atoms with Crippen LogP contribution in [0.1, 0.15) is 0 Å². The van der Waals surface area contributed by atoms with Crippen LogP contribution in [0.5, 0.6) is 0 Å². The van der Waals surface area contributed by atoms with Gasteiger partial charge in [0.25, 0.3) is 0 Å². The molecule has 0 bridgehead atoms. The third-order valence-corrected chi connectivity index (χ3v) is 1.24. The quantitative estimate of drug-likeness (QED) is 0.258. The number of rotatable bonds is 1. The van der Waals surface area contributed by atoms with Crippen molar-refractivity contribution in [1.29, 1.82) is 0 Å². The largest absolute Gasteiger partial charge is 0.395 e. The molecule has 0 fully saturated rings. The van der Waals surface area contributed by atoms with Gasteiger partial charge in [0.05, 0.1) is 11.4 Å². The molecule has 0 spiro atoms. The maximum atomic E-state index is 10.9. The van der Waals surface area contributed by atoms with Crippen molar-refractivity contribution < 1.29 is 9.59 Å². The Morgan fingerprint density at radius 3 is 2.58 bits per heavy atom. The molecule has 6 heteroatoms. The summed E-state index contributed by atoms with van der Waals surface area (Å²) in [5.74, 6) is -1.07. The number of allylic oxidation sites excluding steroid dienone is 2. The van der Waals surface area contributed by atoms with Crippen molar-refractivity contribution in [3.8, 4) is 0 Å². The summed E-state index contributed by atoms with van der Waals surface area (Å²) in [6.07, 6.45) is 1.85. The molecule has 0 amide bonds. The first-order valence-corrected chi connectivity index (χ1v) is 2.98. The van der Waals surface area contributed by atoms with Gasteiger partial charge in [0.2, 0.25) is 5.78 Å². The van der Waals surface area contributed by atoms with Crippen molar-refractivity contribution in [3.63, 3.8) is 0 Å². The highest BCUT2D eigenvalue weighted by Crippen LogP contribution is 2.09. The van der Waals surface area contributed by atoms with Crippen LogP contribution in [0.15, 0.2) is 28.7 Å². The third kappa shape index (κ3) is 1.33. The Balaban J connectivity index is 3.09. The van der Waals surface area contributed by atoms with Gasteiger partial charge in [-0.25, -0.2) is 0 Å². The highest BCUT2D eigenvalue weighted by atomic mass is 16.1. The van der Waals surface area contributed by atoms with Crippen LogP contribution >= 0.6 is 0 Å². The van der Waals surface area contributed by atoms with Crippen LogP contribution in [0.2, 0.25) is 0 Å². The van der Waals surface area contributed by atoms with Crippen molar-refractivity contribution in [1.82, 2.24) is 0 Å². The molecule has 1 aliphatic carbocycles. The summed E-state index contributed by atoms with van der Waals surface area (Å²) in [5, 5.41) is 3.02. The molecule has 0 saturated heterocycles. The SMILES string of the molecule is [N-]=[N+]=NC1=CC(=O)C(N)=CC1=O. The lowest BCUT2D eigenvalue weighted by Gasteiger charge is -2.02. The predicted octanol–water partition coefficient (Wildman–Crippen LogP) is 0.175. The van der Waals surface area contributed by atoms with Gasteiger partial charge >= 0.3 is 0 Å². The minimum atomic E-state index is -0.551. The van der Waals surface area contributed by atoms with Crippen LogP contribution in [-0.4, -0.2) is 11.6 Å². The summed E-state index contributed by atoms with van der Waals surface area (Å²) >= 11 is 0. The molecule has 0 aromatic rings.